The highest BCUT2D eigenvalue weighted by molar-refractivity contribution is 6.30. The van der Waals surface area contributed by atoms with E-state index in [0.717, 1.165) is 27.9 Å². The topological polar surface area (TPSA) is 43.8 Å². The van der Waals surface area contributed by atoms with Crippen molar-refractivity contribution in [2.24, 2.45) is 0 Å². The molecule has 1 aromatic carbocycles. The Hall–Kier alpha value is -1.74. The third kappa shape index (κ3) is 2.70. The summed E-state index contributed by atoms with van der Waals surface area (Å²) in [5.41, 5.74) is 8.22. The predicted molar refractivity (Wildman–Crippen MR) is 88.5 cm³/mol. The molecule has 21 heavy (non-hydrogen) atoms. The molecule has 1 saturated carbocycles. The van der Waals surface area contributed by atoms with E-state index in [2.05, 4.69) is 11.1 Å². The molecule has 2 N–H and O–H groups in total. The summed E-state index contributed by atoms with van der Waals surface area (Å²) in [6.45, 7) is 4.54. The summed E-state index contributed by atoms with van der Waals surface area (Å²) in [4.78, 5) is 4.86. The van der Waals surface area contributed by atoms with Crippen LogP contribution < -0.4 is 5.73 Å². The summed E-state index contributed by atoms with van der Waals surface area (Å²) in [5.74, 6) is 2.35. The Morgan fingerprint density at radius 2 is 1.95 bits per heavy atom. The van der Waals surface area contributed by atoms with Crippen LogP contribution in [-0.2, 0) is 6.54 Å². The van der Waals surface area contributed by atoms with Crippen LogP contribution in [0.25, 0.3) is 11.3 Å². The summed E-state index contributed by atoms with van der Waals surface area (Å²) < 4.78 is 2.10. The number of anilines is 1. The number of benzene rings is 1. The Bertz CT molecular complexity index is 637. The van der Waals surface area contributed by atoms with E-state index in [1.807, 2.05) is 30.3 Å². The van der Waals surface area contributed by atoms with Gasteiger partial charge in [-0.25, -0.2) is 4.98 Å². The van der Waals surface area contributed by atoms with E-state index in [0.29, 0.717) is 12.5 Å². The molecule has 1 aromatic heterocycles. The summed E-state index contributed by atoms with van der Waals surface area (Å²) in [7, 11) is 0. The van der Waals surface area contributed by atoms with Crippen molar-refractivity contribution < 1.29 is 0 Å². The molecule has 1 aliphatic rings. The molecule has 1 aliphatic carbocycles. The van der Waals surface area contributed by atoms with Crippen LogP contribution in [0.1, 0.15) is 37.4 Å². The maximum absolute atomic E-state index is 6.35. The molecule has 0 unspecified atom stereocenters. The van der Waals surface area contributed by atoms with E-state index in [1.54, 1.807) is 0 Å². The molecule has 0 spiro atoms. The number of imidazole rings is 1. The van der Waals surface area contributed by atoms with Gasteiger partial charge in [-0.05, 0) is 25.0 Å². The molecule has 0 bridgehead atoms. The highest BCUT2D eigenvalue weighted by Gasteiger charge is 2.25. The van der Waals surface area contributed by atoms with Gasteiger partial charge in [0, 0.05) is 23.0 Å². The molecule has 3 nitrogen and oxygen atoms in total. The standard InChI is InChI=1S/C17H20ClN3/c1-2-11-21-16(19)15(12-7-9-14(18)10-8-12)20-17(21)13-5-3-4-6-13/h2,7-10,13H,1,3-6,11,19H2. The monoisotopic (exact) mass is 301 g/mol. The maximum Gasteiger partial charge on any atom is 0.132 e. The van der Waals surface area contributed by atoms with Crippen molar-refractivity contribution in [3.63, 3.8) is 0 Å². The van der Waals surface area contributed by atoms with Crippen LogP contribution in [0.15, 0.2) is 36.9 Å². The van der Waals surface area contributed by atoms with Gasteiger partial charge in [0.25, 0.3) is 0 Å². The van der Waals surface area contributed by atoms with Crippen LogP contribution in [0.5, 0.6) is 0 Å². The molecule has 0 saturated heterocycles. The van der Waals surface area contributed by atoms with E-state index in [4.69, 9.17) is 22.3 Å². The highest BCUT2D eigenvalue weighted by atomic mass is 35.5. The van der Waals surface area contributed by atoms with E-state index in [1.165, 1.54) is 25.7 Å². The fourth-order valence-electron chi connectivity index (χ4n) is 3.12. The van der Waals surface area contributed by atoms with Crippen LogP contribution in [0, 0.1) is 0 Å². The van der Waals surface area contributed by atoms with Gasteiger partial charge in [-0.15, -0.1) is 6.58 Å². The van der Waals surface area contributed by atoms with Crippen molar-refractivity contribution in [2.75, 3.05) is 5.73 Å². The lowest BCUT2D eigenvalue weighted by Gasteiger charge is -2.11. The molecular weight excluding hydrogens is 282 g/mol. The summed E-state index contributed by atoms with van der Waals surface area (Å²) in [6.07, 6.45) is 6.84. The number of nitrogen functional groups attached to an aromatic ring is 1. The number of hydrogen-bond donors (Lipinski definition) is 1. The molecule has 110 valence electrons. The molecule has 0 radical (unpaired) electrons. The number of allylic oxidation sites excluding steroid dienone is 1. The van der Waals surface area contributed by atoms with Crippen LogP contribution in [0.3, 0.4) is 0 Å². The number of hydrogen-bond acceptors (Lipinski definition) is 2. The van der Waals surface area contributed by atoms with Crippen LogP contribution >= 0.6 is 11.6 Å². The van der Waals surface area contributed by atoms with Gasteiger partial charge in [0.2, 0.25) is 0 Å². The maximum atomic E-state index is 6.35. The van der Waals surface area contributed by atoms with Gasteiger partial charge < -0.3 is 10.3 Å². The fraction of sp³-hybridized carbons (Fsp3) is 0.353. The lowest BCUT2D eigenvalue weighted by Crippen LogP contribution is -2.08. The van der Waals surface area contributed by atoms with Crippen molar-refractivity contribution in [1.82, 2.24) is 9.55 Å². The second-order valence-electron chi connectivity index (χ2n) is 5.59. The zero-order valence-corrected chi connectivity index (χ0v) is 12.8. The molecule has 0 aliphatic heterocycles. The first-order valence-electron chi connectivity index (χ1n) is 7.43. The highest BCUT2D eigenvalue weighted by Crippen LogP contribution is 2.37. The summed E-state index contributed by atoms with van der Waals surface area (Å²) in [5, 5.41) is 0.721. The Labute approximate surface area is 130 Å². The van der Waals surface area contributed by atoms with Gasteiger partial charge in [-0.1, -0.05) is 42.7 Å². The molecular formula is C17H20ClN3. The number of halogens is 1. The Morgan fingerprint density at radius 3 is 2.57 bits per heavy atom. The minimum absolute atomic E-state index is 0.522. The molecule has 0 amide bonds. The first-order chi connectivity index (χ1) is 10.2. The van der Waals surface area contributed by atoms with Crippen molar-refractivity contribution in [3.8, 4) is 11.3 Å². The average molecular weight is 302 g/mol. The predicted octanol–water partition coefficient (Wildman–Crippen LogP) is 4.63. The number of aromatic nitrogens is 2. The van der Waals surface area contributed by atoms with Crippen molar-refractivity contribution >= 4 is 17.4 Å². The SMILES string of the molecule is C=CCn1c(C2CCCC2)nc(-c2ccc(Cl)cc2)c1N. The van der Waals surface area contributed by atoms with Gasteiger partial charge in [0.15, 0.2) is 0 Å². The van der Waals surface area contributed by atoms with Crippen LogP contribution in [-0.4, -0.2) is 9.55 Å². The molecule has 0 atom stereocenters. The Kier molecular flexibility index (Phi) is 4.02. The van der Waals surface area contributed by atoms with Crippen LogP contribution in [0.4, 0.5) is 5.82 Å². The lowest BCUT2D eigenvalue weighted by atomic mass is 10.1. The second-order valence-corrected chi connectivity index (χ2v) is 6.03. The number of nitrogens with zero attached hydrogens (tertiary/aromatic N) is 2. The third-order valence-corrected chi connectivity index (χ3v) is 4.44. The smallest absolute Gasteiger partial charge is 0.132 e. The van der Waals surface area contributed by atoms with E-state index < -0.39 is 0 Å². The second kappa shape index (κ2) is 5.94. The number of rotatable bonds is 4. The molecule has 3 rings (SSSR count). The third-order valence-electron chi connectivity index (χ3n) is 4.19. The normalized spacial score (nSPS) is 15.5. The molecule has 4 heteroatoms. The minimum atomic E-state index is 0.522. The van der Waals surface area contributed by atoms with Crippen molar-refractivity contribution in [2.45, 2.75) is 38.1 Å². The average Bonchev–Trinajstić information content (AvgIpc) is 3.10. The van der Waals surface area contributed by atoms with Gasteiger partial charge in [0.1, 0.15) is 17.3 Å². The zero-order valence-electron chi connectivity index (χ0n) is 12.1. The van der Waals surface area contributed by atoms with Crippen molar-refractivity contribution in [1.29, 1.82) is 0 Å². The largest absolute Gasteiger partial charge is 0.383 e. The summed E-state index contributed by atoms with van der Waals surface area (Å²) >= 11 is 5.96. The fourth-order valence-corrected chi connectivity index (χ4v) is 3.25. The first kappa shape index (κ1) is 14.2. The first-order valence-corrected chi connectivity index (χ1v) is 7.81. The lowest BCUT2D eigenvalue weighted by molar-refractivity contribution is 0.618. The van der Waals surface area contributed by atoms with Crippen LogP contribution in [0.2, 0.25) is 5.02 Å². The van der Waals surface area contributed by atoms with Gasteiger partial charge >= 0.3 is 0 Å². The Balaban J connectivity index is 2.06. The number of nitrogens with two attached hydrogens (primary N) is 1. The zero-order chi connectivity index (χ0) is 14.8. The minimum Gasteiger partial charge on any atom is -0.383 e. The molecule has 1 heterocycles. The quantitative estimate of drug-likeness (QED) is 0.837. The van der Waals surface area contributed by atoms with Gasteiger partial charge in [-0.3, -0.25) is 0 Å². The van der Waals surface area contributed by atoms with Crippen molar-refractivity contribution in [3.05, 3.63) is 47.8 Å². The van der Waals surface area contributed by atoms with Gasteiger partial charge in [-0.2, -0.15) is 0 Å². The van der Waals surface area contributed by atoms with E-state index >= 15 is 0 Å². The van der Waals surface area contributed by atoms with E-state index in [9.17, 15) is 0 Å². The summed E-state index contributed by atoms with van der Waals surface area (Å²) in [6, 6.07) is 7.69. The Morgan fingerprint density at radius 1 is 1.29 bits per heavy atom. The molecule has 2 aromatic rings. The molecule has 1 fully saturated rings. The van der Waals surface area contributed by atoms with E-state index in [-0.39, 0.29) is 0 Å². The van der Waals surface area contributed by atoms with Gasteiger partial charge in [0.05, 0.1) is 0 Å².